The molecule has 3 rings (SSSR count). The van der Waals surface area contributed by atoms with E-state index < -0.39 is 0 Å². The highest BCUT2D eigenvalue weighted by atomic mass is 79.9. The summed E-state index contributed by atoms with van der Waals surface area (Å²) < 4.78 is 6.21. The van der Waals surface area contributed by atoms with Crippen LogP contribution in [0.15, 0.2) is 63.9 Å². The maximum Gasteiger partial charge on any atom is 0.173 e. The minimum Gasteiger partial charge on any atom is -0.457 e. The summed E-state index contributed by atoms with van der Waals surface area (Å²) in [5, 5.41) is 6.16. The third-order valence-electron chi connectivity index (χ3n) is 3.78. The number of furan rings is 1. The summed E-state index contributed by atoms with van der Waals surface area (Å²) in [7, 11) is 0. The van der Waals surface area contributed by atoms with E-state index in [9.17, 15) is 0 Å². The van der Waals surface area contributed by atoms with Crippen molar-refractivity contribution in [2.75, 3.05) is 6.54 Å². The van der Waals surface area contributed by atoms with Gasteiger partial charge in [-0.2, -0.15) is 0 Å². The number of benzene rings is 2. The highest BCUT2D eigenvalue weighted by molar-refractivity contribution is 9.10. The zero-order chi connectivity index (χ0) is 14.7. The van der Waals surface area contributed by atoms with E-state index in [1.165, 1.54) is 21.9 Å². The van der Waals surface area contributed by atoms with Gasteiger partial charge in [-0.1, -0.05) is 49.4 Å². The van der Waals surface area contributed by atoms with Crippen molar-refractivity contribution < 1.29 is 4.42 Å². The van der Waals surface area contributed by atoms with Crippen LogP contribution in [0.2, 0.25) is 0 Å². The van der Waals surface area contributed by atoms with Gasteiger partial charge in [0, 0.05) is 11.6 Å². The molecule has 21 heavy (non-hydrogen) atoms. The van der Waals surface area contributed by atoms with Crippen LogP contribution in [0.3, 0.4) is 0 Å². The predicted octanol–water partition coefficient (Wildman–Crippen LogP) is 5.09. The minimum atomic E-state index is 0.244. The smallest absolute Gasteiger partial charge is 0.173 e. The third kappa shape index (κ3) is 3.04. The van der Waals surface area contributed by atoms with Crippen LogP contribution in [-0.4, -0.2) is 6.54 Å². The summed E-state index contributed by atoms with van der Waals surface area (Å²) >= 11 is 3.49. The van der Waals surface area contributed by atoms with Crippen LogP contribution in [0.4, 0.5) is 0 Å². The molecular formula is C18H18BrNO. The Hall–Kier alpha value is -1.58. The molecule has 0 aliphatic rings. The molecule has 0 radical (unpaired) electrons. The van der Waals surface area contributed by atoms with E-state index >= 15 is 0 Å². The van der Waals surface area contributed by atoms with Gasteiger partial charge in [-0.05, 0) is 51.3 Å². The molecule has 1 heterocycles. The predicted molar refractivity (Wildman–Crippen MR) is 90.5 cm³/mol. The van der Waals surface area contributed by atoms with E-state index in [-0.39, 0.29) is 6.04 Å². The molecule has 2 aromatic carbocycles. The number of hydrogen-bond acceptors (Lipinski definition) is 2. The summed E-state index contributed by atoms with van der Waals surface area (Å²) in [4.78, 5) is 0. The summed E-state index contributed by atoms with van der Waals surface area (Å²) in [6.45, 7) is 3.05. The van der Waals surface area contributed by atoms with Gasteiger partial charge in [-0.25, -0.2) is 0 Å². The maximum atomic E-state index is 5.39. The first kappa shape index (κ1) is 14.4. The van der Waals surface area contributed by atoms with Crippen molar-refractivity contribution in [1.29, 1.82) is 0 Å². The van der Waals surface area contributed by atoms with Crippen molar-refractivity contribution in [3.8, 4) is 0 Å². The Labute approximate surface area is 133 Å². The Morgan fingerprint density at radius 3 is 2.67 bits per heavy atom. The molecule has 1 unspecified atom stereocenters. The van der Waals surface area contributed by atoms with Crippen LogP contribution >= 0.6 is 15.9 Å². The van der Waals surface area contributed by atoms with Gasteiger partial charge in [0.15, 0.2) is 4.67 Å². The Kier molecular flexibility index (Phi) is 4.42. The average molecular weight is 344 g/mol. The van der Waals surface area contributed by atoms with Crippen molar-refractivity contribution in [3.63, 3.8) is 0 Å². The first-order valence-corrected chi connectivity index (χ1v) is 8.01. The second kappa shape index (κ2) is 6.46. The molecule has 3 aromatic rings. The molecule has 0 fully saturated rings. The van der Waals surface area contributed by atoms with Gasteiger partial charge in [0.1, 0.15) is 0 Å². The normalized spacial score (nSPS) is 12.7. The minimum absolute atomic E-state index is 0.244. The number of nitrogens with one attached hydrogen (secondary N) is 1. The molecular weight excluding hydrogens is 326 g/mol. The summed E-state index contributed by atoms with van der Waals surface area (Å²) in [5.74, 6) is 0. The molecule has 1 N–H and O–H groups in total. The van der Waals surface area contributed by atoms with E-state index in [1.807, 2.05) is 6.07 Å². The Bertz CT molecular complexity index is 729. The molecule has 108 valence electrons. The maximum absolute atomic E-state index is 5.39. The van der Waals surface area contributed by atoms with Gasteiger partial charge in [0.25, 0.3) is 0 Å². The van der Waals surface area contributed by atoms with E-state index in [1.54, 1.807) is 6.26 Å². The number of likely N-dealkylation sites (N-methyl/N-ethyl adjacent to an activating group) is 1. The van der Waals surface area contributed by atoms with E-state index in [2.05, 4.69) is 70.6 Å². The van der Waals surface area contributed by atoms with Crippen LogP contribution in [0, 0.1) is 0 Å². The van der Waals surface area contributed by atoms with Crippen LogP contribution < -0.4 is 5.32 Å². The van der Waals surface area contributed by atoms with Crippen molar-refractivity contribution >= 4 is 26.7 Å². The van der Waals surface area contributed by atoms with Crippen molar-refractivity contribution in [1.82, 2.24) is 5.32 Å². The number of rotatable bonds is 5. The SMILES string of the molecule is CCNC(Cc1cccc2ccccc12)c1ccoc1Br. The quantitative estimate of drug-likeness (QED) is 0.698. The molecule has 0 amide bonds. The summed E-state index contributed by atoms with van der Waals surface area (Å²) in [6.07, 6.45) is 2.67. The fourth-order valence-corrected chi connectivity index (χ4v) is 3.30. The standard InChI is InChI=1S/C18H18BrNO/c1-2-20-17(16-10-11-21-18(16)19)12-14-8-5-7-13-6-3-4-9-15(13)14/h3-11,17,20H,2,12H2,1H3. The van der Waals surface area contributed by atoms with Crippen LogP contribution in [0.5, 0.6) is 0 Å². The highest BCUT2D eigenvalue weighted by Gasteiger charge is 2.17. The zero-order valence-electron chi connectivity index (χ0n) is 12.0. The molecule has 0 aliphatic carbocycles. The Morgan fingerprint density at radius 1 is 1.10 bits per heavy atom. The van der Waals surface area contributed by atoms with Crippen molar-refractivity contribution in [3.05, 3.63) is 70.6 Å². The first-order valence-electron chi connectivity index (χ1n) is 7.22. The zero-order valence-corrected chi connectivity index (χ0v) is 13.6. The third-order valence-corrected chi connectivity index (χ3v) is 4.42. The lowest BCUT2D eigenvalue weighted by Gasteiger charge is -2.18. The molecule has 0 saturated carbocycles. The molecule has 3 heteroatoms. The molecule has 0 spiro atoms. The number of fused-ring (bicyclic) bond motifs is 1. The van der Waals surface area contributed by atoms with Gasteiger partial charge < -0.3 is 9.73 Å². The lowest BCUT2D eigenvalue weighted by molar-refractivity contribution is 0.507. The number of halogens is 1. The largest absolute Gasteiger partial charge is 0.457 e. The Morgan fingerprint density at radius 2 is 1.90 bits per heavy atom. The monoisotopic (exact) mass is 343 g/mol. The van der Waals surface area contributed by atoms with Gasteiger partial charge in [-0.15, -0.1) is 0 Å². The van der Waals surface area contributed by atoms with Crippen molar-refractivity contribution in [2.24, 2.45) is 0 Å². The van der Waals surface area contributed by atoms with Gasteiger partial charge in [0.2, 0.25) is 0 Å². The molecule has 0 saturated heterocycles. The average Bonchev–Trinajstić information content (AvgIpc) is 2.93. The van der Waals surface area contributed by atoms with Gasteiger partial charge >= 0.3 is 0 Å². The molecule has 0 bridgehead atoms. The van der Waals surface area contributed by atoms with E-state index in [0.29, 0.717) is 0 Å². The van der Waals surface area contributed by atoms with Crippen LogP contribution in [0.1, 0.15) is 24.1 Å². The fraction of sp³-hybridized carbons (Fsp3) is 0.222. The first-order chi connectivity index (χ1) is 10.3. The van der Waals surface area contributed by atoms with Gasteiger partial charge in [0.05, 0.1) is 6.26 Å². The molecule has 0 aliphatic heterocycles. The number of hydrogen-bond donors (Lipinski definition) is 1. The molecule has 1 atom stereocenters. The second-order valence-corrected chi connectivity index (χ2v) is 5.82. The summed E-state index contributed by atoms with van der Waals surface area (Å²) in [5.41, 5.74) is 2.52. The van der Waals surface area contributed by atoms with E-state index in [4.69, 9.17) is 4.42 Å². The second-order valence-electron chi connectivity index (χ2n) is 5.10. The Balaban J connectivity index is 1.97. The van der Waals surface area contributed by atoms with E-state index in [0.717, 1.165) is 17.6 Å². The summed E-state index contributed by atoms with van der Waals surface area (Å²) in [6, 6.07) is 17.3. The topological polar surface area (TPSA) is 25.2 Å². The van der Waals surface area contributed by atoms with Crippen molar-refractivity contribution in [2.45, 2.75) is 19.4 Å². The highest BCUT2D eigenvalue weighted by Crippen LogP contribution is 2.29. The lowest BCUT2D eigenvalue weighted by atomic mass is 9.96. The molecule has 1 aromatic heterocycles. The fourth-order valence-electron chi connectivity index (χ4n) is 2.78. The molecule has 2 nitrogen and oxygen atoms in total. The van der Waals surface area contributed by atoms with Crippen LogP contribution in [-0.2, 0) is 6.42 Å². The van der Waals surface area contributed by atoms with Gasteiger partial charge in [-0.3, -0.25) is 0 Å². The van der Waals surface area contributed by atoms with Crippen LogP contribution in [0.25, 0.3) is 10.8 Å². The lowest BCUT2D eigenvalue weighted by Crippen LogP contribution is -2.22.